The van der Waals surface area contributed by atoms with Gasteiger partial charge in [-0.3, -0.25) is 4.79 Å². The van der Waals surface area contributed by atoms with Crippen LogP contribution in [0.3, 0.4) is 0 Å². The summed E-state index contributed by atoms with van der Waals surface area (Å²) >= 11 is 0. The van der Waals surface area contributed by atoms with E-state index >= 15 is 0 Å². The molecule has 1 aromatic heterocycles. The van der Waals surface area contributed by atoms with Crippen molar-refractivity contribution >= 4 is 5.91 Å². The van der Waals surface area contributed by atoms with Crippen LogP contribution in [0.1, 0.15) is 39.0 Å². The van der Waals surface area contributed by atoms with Gasteiger partial charge in [-0.15, -0.1) is 0 Å². The van der Waals surface area contributed by atoms with E-state index in [0.29, 0.717) is 0 Å². The van der Waals surface area contributed by atoms with E-state index in [2.05, 4.69) is 5.32 Å². The summed E-state index contributed by atoms with van der Waals surface area (Å²) in [5.74, 6) is 0.798. The molecule has 0 saturated carbocycles. The molecule has 0 radical (unpaired) electrons. The number of hydrogen-bond donors (Lipinski definition) is 2. The van der Waals surface area contributed by atoms with Crippen LogP contribution in [0.25, 0.3) is 0 Å². The Balaban J connectivity index is 2.51. The van der Waals surface area contributed by atoms with Crippen LogP contribution >= 0.6 is 0 Å². The van der Waals surface area contributed by atoms with Gasteiger partial charge < -0.3 is 15.5 Å². The molecular formula is C12H20N2O2. The summed E-state index contributed by atoms with van der Waals surface area (Å²) in [5.41, 5.74) is 5.83. The summed E-state index contributed by atoms with van der Waals surface area (Å²) in [4.78, 5) is 11.8. The van der Waals surface area contributed by atoms with Crippen molar-refractivity contribution in [3.05, 3.63) is 24.2 Å². The molecule has 3 N–H and O–H groups in total. The highest BCUT2D eigenvalue weighted by Gasteiger charge is 2.21. The van der Waals surface area contributed by atoms with Crippen LogP contribution in [-0.2, 0) is 4.79 Å². The molecular weight excluding hydrogens is 204 g/mol. The highest BCUT2D eigenvalue weighted by molar-refractivity contribution is 5.82. The second kappa shape index (κ2) is 5.70. The molecule has 90 valence electrons. The summed E-state index contributed by atoms with van der Waals surface area (Å²) in [5, 5.41) is 2.84. The monoisotopic (exact) mass is 224 g/mol. The zero-order valence-corrected chi connectivity index (χ0v) is 10.1. The third-order valence-electron chi connectivity index (χ3n) is 2.89. The van der Waals surface area contributed by atoms with Gasteiger partial charge in [0.1, 0.15) is 5.76 Å². The fraction of sp³-hybridized carbons (Fsp3) is 0.583. The highest BCUT2D eigenvalue weighted by Crippen LogP contribution is 2.13. The second-order valence-electron chi connectivity index (χ2n) is 4.16. The molecule has 16 heavy (non-hydrogen) atoms. The van der Waals surface area contributed by atoms with Crippen molar-refractivity contribution in [3.63, 3.8) is 0 Å². The number of carbonyl (C=O) groups is 1. The van der Waals surface area contributed by atoms with Crippen molar-refractivity contribution in [3.8, 4) is 0 Å². The summed E-state index contributed by atoms with van der Waals surface area (Å²) in [6, 6.07) is 3.03. The van der Waals surface area contributed by atoms with Gasteiger partial charge in [0.25, 0.3) is 0 Å². The number of carbonyl (C=O) groups excluding carboxylic acids is 1. The summed E-state index contributed by atoms with van der Waals surface area (Å²) < 4.78 is 5.21. The van der Waals surface area contributed by atoms with Gasteiger partial charge in [0.05, 0.1) is 18.3 Å². The number of hydrogen-bond acceptors (Lipinski definition) is 3. The van der Waals surface area contributed by atoms with Crippen LogP contribution in [0.4, 0.5) is 0 Å². The first-order valence-electron chi connectivity index (χ1n) is 5.65. The van der Waals surface area contributed by atoms with E-state index in [-0.39, 0.29) is 17.9 Å². The molecule has 4 heteroatoms. The molecule has 1 aromatic rings. The topological polar surface area (TPSA) is 68.3 Å². The molecule has 0 aliphatic carbocycles. The lowest BCUT2D eigenvalue weighted by Crippen LogP contribution is -2.45. The molecule has 1 unspecified atom stereocenters. The van der Waals surface area contributed by atoms with Gasteiger partial charge in [-0.05, 0) is 25.0 Å². The van der Waals surface area contributed by atoms with E-state index < -0.39 is 6.04 Å². The summed E-state index contributed by atoms with van der Waals surface area (Å²) in [7, 11) is 0. The van der Waals surface area contributed by atoms with Gasteiger partial charge in [0.15, 0.2) is 0 Å². The van der Waals surface area contributed by atoms with Crippen molar-refractivity contribution in [1.29, 1.82) is 0 Å². The molecule has 4 nitrogen and oxygen atoms in total. The number of nitrogens with two attached hydrogens (primary N) is 1. The quantitative estimate of drug-likeness (QED) is 0.801. The van der Waals surface area contributed by atoms with E-state index in [1.54, 1.807) is 12.3 Å². The van der Waals surface area contributed by atoms with Crippen LogP contribution in [0.5, 0.6) is 0 Å². The standard InChI is InChI=1S/C12H20N2O2/c1-4-8(2)11(13)12(15)14-9(3)10-6-5-7-16-10/h5-9,11H,4,13H2,1-3H3,(H,14,15)/t8?,9-,11-/m0/s1. The fourth-order valence-corrected chi connectivity index (χ4v) is 1.43. The Bertz CT molecular complexity index is 322. The number of amides is 1. The maximum Gasteiger partial charge on any atom is 0.237 e. The average molecular weight is 224 g/mol. The van der Waals surface area contributed by atoms with Gasteiger partial charge >= 0.3 is 0 Å². The maximum absolute atomic E-state index is 11.8. The van der Waals surface area contributed by atoms with E-state index in [1.807, 2.05) is 26.8 Å². The zero-order valence-electron chi connectivity index (χ0n) is 10.1. The van der Waals surface area contributed by atoms with Crippen molar-refractivity contribution in [1.82, 2.24) is 5.32 Å². The molecule has 0 spiro atoms. The lowest BCUT2D eigenvalue weighted by molar-refractivity contribution is -0.124. The first-order chi connectivity index (χ1) is 7.56. The van der Waals surface area contributed by atoms with Gasteiger partial charge in [-0.25, -0.2) is 0 Å². The predicted molar refractivity (Wildman–Crippen MR) is 62.7 cm³/mol. The van der Waals surface area contributed by atoms with Crippen LogP contribution < -0.4 is 11.1 Å². The van der Waals surface area contributed by atoms with Crippen molar-refractivity contribution in [2.24, 2.45) is 11.7 Å². The fourth-order valence-electron chi connectivity index (χ4n) is 1.43. The lowest BCUT2D eigenvalue weighted by atomic mass is 9.99. The normalized spacial score (nSPS) is 16.5. The first-order valence-corrected chi connectivity index (χ1v) is 5.65. The minimum atomic E-state index is -0.456. The summed E-state index contributed by atoms with van der Waals surface area (Å²) in [6.07, 6.45) is 2.48. The molecule has 0 aromatic carbocycles. The van der Waals surface area contributed by atoms with Crippen molar-refractivity contribution < 1.29 is 9.21 Å². The molecule has 0 saturated heterocycles. The van der Waals surface area contributed by atoms with E-state index in [0.717, 1.165) is 12.2 Å². The van der Waals surface area contributed by atoms with Gasteiger partial charge in [0.2, 0.25) is 5.91 Å². The van der Waals surface area contributed by atoms with E-state index in [1.165, 1.54) is 0 Å². The Morgan fingerprint density at radius 3 is 2.75 bits per heavy atom. The molecule has 0 fully saturated rings. The Morgan fingerprint density at radius 1 is 1.56 bits per heavy atom. The Morgan fingerprint density at radius 2 is 2.25 bits per heavy atom. The van der Waals surface area contributed by atoms with Gasteiger partial charge in [0, 0.05) is 0 Å². The van der Waals surface area contributed by atoms with Crippen LogP contribution in [0, 0.1) is 5.92 Å². The molecule has 1 heterocycles. The summed E-state index contributed by atoms with van der Waals surface area (Å²) in [6.45, 7) is 5.87. The number of rotatable bonds is 5. The molecule has 0 aliphatic rings. The smallest absolute Gasteiger partial charge is 0.237 e. The Kier molecular flexibility index (Phi) is 4.55. The maximum atomic E-state index is 11.8. The third-order valence-corrected chi connectivity index (χ3v) is 2.89. The zero-order chi connectivity index (χ0) is 12.1. The third kappa shape index (κ3) is 3.10. The minimum absolute atomic E-state index is 0.127. The van der Waals surface area contributed by atoms with Crippen LogP contribution in [0.15, 0.2) is 22.8 Å². The minimum Gasteiger partial charge on any atom is -0.467 e. The SMILES string of the molecule is CCC(C)[C@H](N)C(=O)N[C@@H](C)c1ccco1. The molecule has 0 aliphatic heterocycles. The predicted octanol–water partition coefficient (Wildman–Crippen LogP) is 1.83. The molecule has 0 bridgehead atoms. The Labute approximate surface area is 96.2 Å². The number of furan rings is 1. The van der Waals surface area contributed by atoms with Crippen LogP contribution in [-0.4, -0.2) is 11.9 Å². The average Bonchev–Trinajstić information content (AvgIpc) is 2.80. The second-order valence-corrected chi connectivity index (χ2v) is 4.16. The van der Waals surface area contributed by atoms with Crippen molar-refractivity contribution in [2.75, 3.05) is 0 Å². The number of nitrogens with one attached hydrogen (secondary N) is 1. The first kappa shape index (κ1) is 12.8. The molecule has 1 rings (SSSR count). The van der Waals surface area contributed by atoms with E-state index in [9.17, 15) is 4.79 Å². The Hall–Kier alpha value is -1.29. The lowest BCUT2D eigenvalue weighted by Gasteiger charge is -2.20. The largest absolute Gasteiger partial charge is 0.467 e. The van der Waals surface area contributed by atoms with Crippen LogP contribution in [0.2, 0.25) is 0 Å². The van der Waals surface area contributed by atoms with Gasteiger partial charge in [-0.2, -0.15) is 0 Å². The van der Waals surface area contributed by atoms with E-state index in [4.69, 9.17) is 10.2 Å². The molecule has 3 atom stereocenters. The molecule has 1 amide bonds. The van der Waals surface area contributed by atoms with Crippen molar-refractivity contribution in [2.45, 2.75) is 39.3 Å². The van der Waals surface area contributed by atoms with Gasteiger partial charge in [-0.1, -0.05) is 20.3 Å². The highest BCUT2D eigenvalue weighted by atomic mass is 16.3.